The highest BCUT2D eigenvalue weighted by Crippen LogP contribution is 2.35. The molecule has 1 aromatic carbocycles. The van der Waals surface area contributed by atoms with Gasteiger partial charge in [-0.05, 0) is 30.2 Å². The van der Waals surface area contributed by atoms with E-state index in [2.05, 4.69) is 9.97 Å². The van der Waals surface area contributed by atoms with Crippen molar-refractivity contribution in [2.24, 2.45) is 5.14 Å². The van der Waals surface area contributed by atoms with Crippen LogP contribution in [0.15, 0.2) is 28.7 Å². The van der Waals surface area contributed by atoms with E-state index in [9.17, 15) is 12.8 Å². The molecule has 3 aromatic rings. The zero-order chi connectivity index (χ0) is 18.5. The molecule has 0 aliphatic carbocycles. The number of benzene rings is 1. The van der Waals surface area contributed by atoms with Gasteiger partial charge < -0.3 is 9.64 Å². The molecule has 0 spiro atoms. The van der Waals surface area contributed by atoms with Crippen molar-refractivity contribution < 1.29 is 17.5 Å². The first-order valence-electron chi connectivity index (χ1n) is 7.75. The molecule has 10 heteroatoms. The molecule has 0 amide bonds. The molecule has 0 saturated carbocycles. The highest BCUT2D eigenvalue weighted by Gasteiger charge is 2.25. The molecule has 7 nitrogen and oxygen atoms in total. The number of sulfonamides is 1. The van der Waals surface area contributed by atoms with Crippen molar-refractivity contribution in [1.29, 1.82) is 0 Å². The Morgan fingerprint density at radius 3 is 2.88 bits per heavy atom. The van der Waals surface area contributed by atoms with Crippen LogP contribution >= 0.6 is 11.3 Å². The lowest BCUT2D eigenvalue weighted by atomic mass is 10.1. The molecule has 0 atom stereocenters. The number of nitrogens with zero attached hydrogens (tertiary/aromatic N) is 3. The van der Waals surface area contributed by atoms with Gasteiger partial charge >= 0.3 is 0 Å². The Kier molecular flexibility index (Phi) is 4.05. The van der Waals surface area contributed by atoms with Crippen molar-refractivity contribution in [3.05, 3.63) is 40.8 Å². The van der Waals surface area contributed by atoms with Crippen molar-refractivity contribution in [3.63, 3.8) is 0 Å². The summed E-state index contributed by atoms with van der Waals surface area (Å²) >= 11 is 1.20. The SMILES string of the molecule is COc1ccc2c(N3CCc4sc(S(N)(=O)=O)cc4C3)ncnc2c1F. The summed E-state index contributed by atoms with van der Waals surface area (Å²) in [5.74, 6) is 0.197. The van der Waals surface area contributed by atoms with E-state index in [4.69, 9.17) is 9.88 Å². The molecule has 136 valence electrons. The van der Waals surface area contributed by atoms with Crippen molar-refractivity contribution in [2.75, 3.05) is 18.6 Å². The quantitative estimate of drug-likeness (QED) is 0.730. The molecule has 0 fully saturated rings. The van der Waals surface area contributed by atoms with Gasteiger partial charge in [-0.1, -0.05) is 0 Å². The van der Waals surface area contributed by atoms with Crippen molar-refractivity contribution >= 4 is 38.1 Å². The van der Waals surface area contributed by atoms with E-state index in [0.717, 1.165) is 10.4 Å². The minimum atomic E-state index is -3.72. The molecule has 26 heavy (non-hydrogen) atoms. The van der Waals surface area contributed by atoms with E-state index in [1.54, 1.807) is 18.2 Å². The lowest BCUT2D eigenvalue weighted by molar-refractivity contribution is 0.388. The van der Waals surface area contributed by atoms with Gasteiger partial charge in [-0.2, -0.15) is 0 Å². The molecule has 3 heterocycles. The maximum Gasteiger partial charge on any atom is 0.247 e. The Labute approximate surface area is 153 Å². The summed E-state index contributed by atoms with van der Waals surface area (Å²) in [5, 5.41) is 5.81. The number of aromatic nitrogens is 2. The number of hydrogen-bond donors (Lipinski definition) is 1. The molecule has 1 aliphatic rings. The summed E-state index contributed by atoms with van der Waals surface area (Å²) in [5.41, 5.74) is 1.08. The van der Waals surface area contributed by atoms with E-state index < -0.39 is 15.8 Å². The lowest BCUT2D eigenvalue weighted by Crippen LogP contribution is -2.30. The minimum Gasteiger partial charge on any atom is -0.494 e. The zero-order valence-electron chi connectivity index (χ0n) is 13.8. The monoisotopic (exact) mass is 394 g/mol. The molecule has 0 unspecified atom stereocenters. The average Bonchev–Trinajstić information content (AvgIpc) is 3.05. The van der Waals surface area contributed by atoms with E-state index in [-0.39, 0.29) is 15.5 Å². The Morgan fingerprint density at radius 1 is 1.35 bits per heavy atom. The second-order valence-electron chi connectivity index (χ2n) is 5.91. The third kappa shape index (κ3) is 2.79. The fourth-order valence-electron chi connectivity index (χ4n) is 3.10. The van der Waals surface area contributed by atoms with Gasteiger partial charge in [0.1, 0.15) is 21.9 Å². The number of nitrogens with two attached hydrogens (primary N) is 1. The Hall–Kier alpha value is -2.30. The molecule has 0 bridgehead atoms. The van der Waals surface area contributed by atoms with Crippen LogP contribution in [-0.4, -0.2) is 32.0 Å². The Balaban J connectivity index is 1.75. The van der Waals surface area contributed by atoms with E-state index in [1.807, 2.05) is 4.90 Å². The number of halogens is 1. The number of fused-ring (bicyclic) bond motifs is 2. The van der Waals surface area contributed by atoms with Crippen LogP contribution in [0.2, 0.25) is 0 Å². The van der Waals surface area contributed by atoms with Gasteiger partial charge in [-0.3, -0.25) is 0 Å². The van der Waals surface area contributed by atoms with Crippen LogP contribution in [0.25, 0.3) is 10.9 Å². The largest absolute Gasteiger partial charge is 0.494 e. The standard InChI is InChI=1S/C16H15FN4O3S2/c1-24-11-3-2-10-15(14(11)17)19-8-20-16(10)21-5-4-12-9(7-21)6-13(25-12)26(18,22)23/h2-3,6,8H,4-5,7H2,1H3,(H2,18,22,23). The third-order valence-corrected chi connectivity index (χ3v) is 6.99. The number of primary sulfonamides is 1. The first-order valence-corrected chi connectivity index (χ1v) is 10.1. The van der Waals surface area contributed by atoms with Gasteiger partial charge in [0.2, 0.25) is 10.0 Å². The summed E-state index contributed by atoms with van der Waals surface area (Å²) in [4.78, 5) is 11.3. The van der Waals surface area contributed by atoms with Gasteiger partial charge in [0.25, 0.3) is 0 Å². The van der Waals surface area contributed by atoms with E-state index >= 15 is 0 Å². The minimum absolute atomic E-state index is 0.124. The number of methoxy groups -OCH3 is 1. The second kappa shape index (κ2) is 6.15. The lowest BCUT2D eigenvalue weighted by Gasteiger charge is -2.28. The summed E-state index contributed by atoms with van der Waals surface area (Å²) in [6.07, 6.45) is 1.98. The van der Waals surface area contributed by atoms with Crippen LogP contribution in [0, 0.1) is 5.82 Å². The predicted molar refractivity (Wildman–Crippen MR) is 96.5 cm³/mol. The number of anilines is 1. The van der Waals surface area contributed by atoms with E-state index in [0.29, 0.717) is 30.7 Å². The van der Waals surface area contributed by atoms with Crippen LogP contribution < -0.4 is 14.8 Å². The third-order valence-electron chi connectivity index (χ3n) is 4.33. The molecule has 2 aromatic heterocycles. The number of rotatable bonds is 3. The predicted octanol–water partition coefficient (Wildman–Crippen LogP) is 2.05. The fraction of sp³-hybridized carbons (Fsp3) is 0.250. The molecule has 0 saturated heterocycles. The number of hydrogen-bond acceptors (Lipinski definition) is 7. The van der Waals surface area contributed by atoms with Gasteiger partial charge in [-0.25, -0.2) is 27.9 Å². The van der Waals surface area contributed by atoms with Crippen LogP contribution in [0.3, 0.4) is 0 Å². The average molecular weight is 394 g/mol. The van der Waals surface area contributed by atoms with Gasteiger partial charge in [0.05, 0.1) is 7.11 Å². The first-order chi connectivity index (χ1) is 12.4. The Morgan fingerprint density at radius 2 is 2.15 bits per heavy atom. The fourth-order valence-corrected chi connectivity index (χ4v) is 5.06. The summed E-state index contributed by atoms with van der Waals surface area (Å²) in [7, 11) is -2.32. The summed E-state index contributed by atoms with van der Waals surface area (Å²) in [6.45, 7) is 1.11. The van der Waals surface area contributed by atoms with Crippen molar-refractivity contribution in [3.8, 4) is 5.75 Å². The maximum atomic E-state index is 14.5. The van der Waals surface area contributed by atoms with Crippen molar-refractivity contribution in [1.82, 2.24) is 9.97 Å². The normalized spacial score (nSPS) is 14.5. The van der Waals surface area contributed by atoms with E-state index in [1.165, 1.54) is 24.8 Å². The maximum absolute atomic E-state index is 14.5. The van der Waals surface area contributed by atoms with Crippen LogP contribution in [-0.2, 0) is 23.0 Å². The van der Waals surface area contributed by atoms with Crippen LogP contribution in [0.1, 0.15) is 10.4 Å². The topological polar surface area (TPSA) is 98.4 Å². The number of thiophene rings is 1. The van der Waals surface area contributed by atoms with Crippen LogP contribution in [0.5, 0.6) is 5.75 Å². The Bertz CT molecular complexity index is 1110. The molecule has 1 aliphatic heterocycles. The highest BCUT2D eigenvalue weighted by molar-refractivity contribution is 7.91. The zero-order valence-corrected chi connectivity index (χ0v) is 15.4. The number of ether oxygens (including phenoxy) is 1. The molecular formula is C16H15FN4O3S2. The van der Waals surface area contributed by atoms with Crippen LogP contribution in [0.4, 0.5) is 10.2 Å². The summed E-state index contributed by atoms with van der Waals surface area (Å²) < 4.78 is 42.8. The van der Waals surface area contributed by atoms with Gasteiger partial charge in [0.15, 0.2) is 11.6 Å². The molecule has 2 N–H and O–H groups in total. The molecule has 0 radical (unpaired) electrons. The molecular weight excluding hydrogens is 379 g/mol. The smallest absolute Gasteiger partial charge is 0.247 e. The highest BCUT2D eigenvalue weighted by atomic mass is 32.2. The second-order valence-corrected chi connectivity index (χ2v) is 8.83. The van der Waals surface area contributed by atoms with Gasteiger partial charge in [0, 0.05) is 23.4 Å². The van der Waals surface area contributed by atoms with Gasteiger partial charge in [-0.15, -0.1) is 11.3 Å². The molecule has 4 rings (SSSR count). The first kappa shape index (κ1) is 17.1. The van der Waals surface area contributed by atoms with Crippen molar-refractivity contribution in [2.45, 2.75) is 17.2 Å². The summed E-state index contributed by atoms with van der Waals surface area (Å²) in [6, 6.07) is 4.88.